The van der Waals surface area contributed by atoms with Gasteiger partial charge in [-0.25, -0.2) is 8.78 Å². The van der Waals surface area contributed by atoms with Crippen LogP contribution in [0.3, 0.4) is 0 Å². The molecule has 11 heteroatoms. The molecular weight excluding hydrogens is 467 g/mol. The van der Waals surface area contributed by atoms with Crippen LogP contribution in [0.1, 0.15) is 45.1 Å². The summed E-state index contributed by atoms with van der Waals surface area (Å²) < 4.78 is 68.5. The van der Waals surface area contributed by atoms with Crippen molar-refractivity contribution < 1.29 is 22.0 Å². The van der Waals surface area contributed by atoms with E-state index in [1.807, 2.05) is 10.6 Å². The number of allylic oxidation sites excluding steroid dienone is 2. The molecule has 0 saturated heterocycles. The van der Waals surface area contributed by atoms with Crippen molar-refractivity contribution in [2.45, 2.75) is 64.7 Å². The fourth-order valence-corrected chi connectivity index (χ4v) is 4.74. The second-order valence-corrected chi connectivity index (χ2v) is 9.31. The quantitative estimate of drug-likeness (QED) is 0.325. The minimum absolute atomic E-state index is 0.0328. The van der Waals surface area contributed by atoms with Crippen molar-refractivity contribution in [2.24, 2.45) is 11.7 Å². The second kappa shape index (κ2) is 9.09. The molecule has 0 bridgehead atoms. The van der Waals surface area contributed by atoms with E-state index in [1.54, 1.807) is 26.2 Å². The number of fused-ring (bicyclic) bond motifs is 1. The number of nitrogens with zero attached hydrogens (tertiary/aromatic N) is 4. The highest BCUT2D eigenvalue weighted by atomic mass is 19.4. The number of alkyl halides is 5. The van der Waals surface area contributed by atoms with Crippen LogP contribution in [-0.2, 0) is 13.1 Å². The van der Waals surface area contributed by atoms with Gasteiger partial charge in [0.25, 0.3) is 0 Å². The van der Waals surface area contributed by atoms with Crippen LogP contribution < -0.4 is 5.73 Å². The minimum Gasteiger partial charge on any atom is -0.402 e. The first-order valence-corrected chi connectivity index (χ1v) is 11.3. The Bertz CT molecular complexity index is 1270. The summed E-state index contributed by atoms with van der Waals surface area (Å²) >= 11 is 0. The molecule has 35 heavy (non-hydrogen) atoms. The summed E-state index contributed by atoms with van der Waals surface area (Å²) in [7, 11) is 0. The molecule has 0 spiro atoms. The Hall–Kier alpha value is -3.24. The molecule has 3 N–H and O–H groups in total. The molecule has 1 aliphatic rings. The van der Waals surface area contributed by atoms with E-state index in [0.29, 0.717) is 58.4 Å². The molecule has 3 aromatic heterocycles. The summed E-state index contributed by atoms with van der Waals surface area (Å²) in [6.07, 6.45) is 2.09. The van der Waals surface area contributed by atoms with E-state index in [4.69, 9.17) is 11.1 Å². The predicted molar refractivity (Wildman–Crippen MR) is 124 cm³/mol. The van der Waals surface area contributed by atoms with Crippen molar-refractivity contribution in [3.63, 3.8) is 0 Å². The van der Waals surface area contributed by atoms with Gasteiger partial charge in [-0.3, -0.25) is 9.67 Å². The molecule has 3 aromatic rings. The lowest BCUT2D eigenvalue weighted by molar-refractivity contribution is -0.142. The van der Waals surface area contributed by atoms with Gasteiger partial charge in [0.1, 0.15) is 6.54 Å². The molecule has 1 aliphatic carbocycles. The van der Waals surface area contributed by atoms with E-state index in [1.165, 1.54) is 12.4 Å². The van der Waals surface area contributed by atoms with Gasteiger partial charge in [0.2, 0.25) is 5.92 Å². The lowest BCUT2D eigenvalue weighted by Crippen LogP contribution is -2.26. The Morgan fingerprint density at radius 2 is 1.86 bits per heavy atom. The topological polar surface area (TPSA) is 85.5 Å². The van der Waals surface area contributed by atoms with Gasteiger partial charge in [-0.1, -0.05) is 0 Å². The number of pyridine rings is 1. The third-order valence-corrected chi connectivity index (χ3v) is 6.35. The molecule has 0 amide bonds. The summed E-state index contributed by atoms with van der Waals surface area (Å²) in [5.41, 5.74) is 10.2. The van der Waals surface area contributed by atoms with E-state index in [-0.39, 0.29) is 24.5 Å². The highest BCUT2D eigenvalue weighted by Crippen LogP contribution is 2.38. The smallest absolute Gasteiger partial charge is 0.402 e. The monoisotopic (exact) mass is 494 g/mol. The molecule has 3 heterocycles. The van der Waals surface area contributed by atoms with Crippen molar-refractivity contribution >= 4 is 22.3 Å². The summed E-state index contributed by atoms with van der Waals surface area (Å²) in [4.78, 5) is 4.58. The minimum atomic E-state index is -4.40. The highest BCUT2D eigenvalue weighted by molar-refractivity contribution is 6.22. The lowest BCUT2D eigenvalue weighted by atomic mass is 9.87. The van der Waals surface area contributed by atoms with Crippen LogP contribution in [0.4, 0.5) is 22.0 Å². The Kier molecular flexibility index (Phi) is 6.46. The first-order valence-electron chi connectivity index (χ1n) is 11.3. The van der Waals surface area contributed by atoms with Gasteiger partial charge >= 0.3 is 6.18 Å². The highest BCUT2D eigenvalue weighted by Gasteiger charge is 2.35. The van der Waals surface area contributed by atoms with Crippen molar-refractivity contribution in [3.8, 4) is 11.1 Å². The molecule has 0 aromatic carbocycles. The zero-order chi connectivity index (χ0) is 25.5. The number of hydrogen-bond donors (Lipinski definition) is 2. The standard InChI is InChI=1S/C24H27F5N6/c1-14(30)21(15(2)31)17-7-20-22(32-8-17)19(18-9-33-35(11-18)13-24(27,28)29)12-34(20)10-16-3-5-23(25,26)6-4-16/h7-9,11-12,16,30H,3-6,10,13,31H2,1-2H3/b21-15+,30-14?. The Morgan fingerprint density at radius 1 is 1.17 bits per heavy atom. The van der Waals surface area contributed by atoms with Crippen molar-refractivity contribution in [1.82, 2.24) is 19.3 Å². The number of nitrogens with one attached hydrogen (secondary N) is 1. The average molecular weight is 495 g/mol. The van der Waals surface area contributed by atoms with Gasteiger partial charge < -0.3 is 15.7 Å². The molecule has 0 aliphatic heterocycles. The van der Waals surface area contributed by atoms with Gasteiger partial charge in [-0.15, -0.1) is 0 Å². The second-order valence-electron chi connectivity index (χ2n) is 9.31. The Balaban J connectivity index is 1.78. The molecule has 1 fully saturated rings. The SMILES string of the molecule is CC(=N)/C(=C(/C)N)c1cnc2c(-c3cnn(CC(F)(F)F)c3)cn(CC3CCC(F)(F)CC3)c2c1. The molecular formula is C24H27F5N6. The van der Waals surface area contributed by atoms with Crippen molar-refractivity contribution in [1.29, 1.82) is 5.41 Å². The number of rotatable bonds is 6. The van der Waals surface area contributed by atoms with Crippen LogP contribution in [0.2, 0.25) is 0 Å². The van der Waals surface area contributed by atoms with Crippen LogP contribution in [0.25, 0.3) is 27.7 Å². The maximum atomic E-state index is 13.7. The van der Waals surface area contributed by atoms with Crippen LogP contribution in [-0.4, -0.2) is 37.1 Å². The van der Waals surface area contributed by atoms with Crippen molar-refractivity contribution in [2.75, 3.05) is 0 Å². The maximum absolute atomic E-state index is 13.7. The largest absolute Gasteiger partial charge is 0.408 e. The van der Waals surface area contributed by atoms with E-state index in [2.05, 4.69) is 10.1 Å². The molecule has 188 valence electrons. The summed E-state index contributed by atoms with van der Waals surface area (Å²) in [6, 6.07) is 1.84. The van der Waals surface area contributed by atoms with Gasteiger partial charge in [0.15, 0.2) is 0 Å². The van der Waals surface area contributed by atoms with Crippen LogP contribution in [0, 0.1) is 11.3 Å². The van der Waals surface area contributed by atoms with Gasteiger partial charge in [-0.05, 0) is 38.7 Å². The van der Waals surface area contributed by atoms with Gasteiger partial charge in [-0.2, -0.15) is 18.3 Å². The average Bonchev–Trinajstić information content (AvgIpc) is 3.32. The molecule has 6 nitrogen and oxygen atoms in total. The van der Waals surface area contributed by atoms with Crippen LogP contribution in [0.5, 0.6) is 0 Å². The molecule has 0 unspecified atom stereocenters. The molecule has 0 atom stereocenters. The van der Waals surface area contributed by atoms with E-state index in [0.717, 1.165) is 4.68 Å². The zero-order valence-corrected chi connectivity index (χ0v) is 19.5. The lowest BCUT2D eigenvalue weighted by Gasteiger charge is -2.28. The normalized spacial score (nSPS) is 17.6. The van der Waals surface area contributed by atoms with Crippen molar-refractivity contribution in [3.05, 3.63) is 42.1 Å². The van der Waals surface area contributed by atoms with E-state index >= 15 is 0 Å². The summed E-state index contributed by atoms with van der Waals surface area (Å²) in [6.45, 7) is 2.58. The first-order chi connectivity index (χ1) is 16.3. The molecule has 0 radical (unpaired) electrons. The Morgan fingerprint density at radius 3 is 2.46 bits per heavy atom. The van der Waals surface area contributed by atoms with E-state index < -0.39 is 18.6 Å². The summed E-state index contributed by atoms with van der Waals surface area (Å²) in [5, 5.41) is 11.9. The van der Waals surface area contributed by atoms with Gasteiger partial charge in [0, 0.05) is 71.6 Å². The number of aromatic nitrogens is 4. The fourth-order valence-electron chi connectivity index (χ4n) is 4.74. The third-order valence-electron chi connectivity index (χ3n) is 6.35. The number of nitrogens with two attached hydrogens (primary N) is 1. The van der Waals surface area contributed by atoms with Gasteiger partial charge in [0.05, 0.1) is 17.2 Å². The number of halogens is 5. The number of hydrogen-bond acceptors (Lipinski definition) is 4. The van der Waals surface area contributed by atoms with Crippen LogP contribution in [0.15, 0.2) is 36.6 Å². The Labute approximate surface area is 199 Å². The molecule has 1 saturated carbocycles. The molecule has 4 rings (SSSR count). The summed E-state index contributed by atoms with van der Waals surface area (Å²) in [5.74, 6) is -2.60. The van der Waals surface area contributed by atoms with E-state index in [9.17, 15) is 22.0 Å². The predicted octanol–water partition coefficient (Wildman–Crippen LogP) is 6.02. The maximum Gasteiger partial charge on any atom is 0.408 e. The third kappa shape index (κ3) is 5.54. The zero-order valence-electron chi connectivity index (χ0n) is 19.5. The fraction of sp³-hybridized carbons (Fsp3) is 0.458. The first kappa shape index (κ1) is 24.9. The van der Waals surface area contributed by atoms with Crippen LogP contribution >= 0.6 is 0 Å².